The number of aromatic nitrogens is 2. The van der Waals surface area contributed by atoms with Crippen molar-refractivity contribution in [2.75, 3.05) is 5.32 Å². The quantitative estimate of drug-likeness (QED) is 0.420. The van der Waals surface area contributed by atoms with E-state index in [1.807, 2.05) is 0 Å². The number of halogens is 3. The van der Waals surface area contributed by atoms with Gasteiger partial charge < -0.3 is 5.32 Å². The maximum atomic E-state index is 14.6. The van der Waals surface area contributed by atoms with Crippen LogP contribution in [0.5, 0.6) is 0 Å². The van der Waals surface area contributed by atoms with E-state index in [-0.39, 0.29) is 23.4 Å². The first-order valence-corrected chi connectivity index (χ1v) is 10.0. The number of aliphatic imine (C=N–C) groups is 1. The van der Waals surface area contributed by atoms with Crippen LogP contribution < -0.4 is 5.32 Å². The SMILES string of the molecule is C#Cc1ccc(Nc2ncc3c(n2)-c2ccc(F)cc2C(c2c(F)cccc2F)=NC3)cc1. The Labute approximate surface area is 187 Å². The van der Waals surface area contributed by atoms with E-state index in [9.17, 15) is 13.2 Å². The molecule has 0 aliphatic carbocycles. The predicted molar refractivity (Wildman–Crippen MR) is 121 cm³/mol. The summed E-state index contributed by atoms with van der Waals surface area (Å²) in [6, 6.07) is 14.7. The number of nitrogens with zero attached hydrogens (tertiary/aromatic N) is 3. The van der Waals surface area contributed by atoms with E-state index in [4.69, 9.17) is 6.42 Å². The molecule has 0 atom stereocenters. The van der Waals surface area contributed by atoms with Crippen LogP contribution in [0.4, 0.5) is 24.8 Å². The van der Waals surface area contributed by atoms with Gasteiger partial charge in [0.25, 0.3) is 0 Å². The van der Waals surface area contributed by atoms with Crippen molar-refractivity contribution in [1.29, 1.82) is 0 Å². The van der Waals surface area contributed by atoms with Gasteiger partial charge in [0, 0.05) is 34.1 Å². The van der Waals surface area contributed by atoms with Gasteiger partial charge in [0.15, 0.2) is 0 Å². The molecule has 1 aliphatic heterocycles. The maximum Gasteiger partial charge on any atom is 0.227 e. The summed E-state index contributed by atoms with van der Waals surface area (Å²) in [5.41, 5.74) is 3.08. The lowest BCUT2D eigenvalue weighted by molar-refractivity contribution is 0.579. The first-order valence-electron chi connectivity index (χ1n) is 10.0. The van der Waals surface area contributed by atoms with E-state index in [0.717, 1.165) is 23.4 Å². The number of fused-ring (bicyclic) bond motifs is 3. The number of anilines is 2. The Morgan fingerprint density at radius 3 is 2.39 bits per heavy atom. The van der Waals surface area contributed by atoms with Crippen molar-refractivity contribution >= 4 is 17.3 Å². The van der Waals surface area contributed by atoms with Crippen molar-refractivity contribution in [3.63, 3.8) is 0 Å². The van der Waals surface area contributed by atoms with Crippen LogP contribution >= 0.6 is 0 Å². The van der Waals surface area contributed by atoms with E-state index >= 15 is 0 Å². The largest absolute Gasteiger partial charge is 0.324 e. The molecular weight excluding hydrogens is 425 g/mol. The molecule has 0 saturated heterocycles. The van der Waals surface area contributed by atoms with Gasteiger partial charge in [0.2, 0.25) is 5.95 Å². The van der Waals surface area contributed by atoms with Gasteiger partial charge in [-0.2, -0.15) is 0 Å². The van der Waals surface area contributed by atoms with Gasteiger partial charge >= 0.3 is 0 Å². The van der Waals surface area contributed by atoms with E-state index in [1.54, 1.807) is 30.5 Å². The molecule has 2 heterocycles. The molecule has 3 aromatic carbocycles. The number of rotatable bonds is 3. The monoisotopic (exact) mass is 440 g/mol. The van der Waals surface area contributed by atoms with E-state index in [0.29, 0.717) is 22.8 Å². The normalized spacial score (nSPS) is 12.1. The molecule has 1 N–H and O–H groups in total. The second-order valence-corrected chi connectivity index (χ2v) is 7.37. The van der Waals surface area contributed by atoms with Crippen molar-refractivity contribution in [3.05, 3.63) is 107 Å². The number of hydrogen-bond acceptors (Lipinski definition) is 4. The Morgan fingerprint density at radius 2 is 1.67 bits per heavy atom. The Balaban J connectivity index is 1.62. The minimum Gasteiger partial charge on any atom is -0.324 e. The first-order chi connectivity index (χ1) is 16.0. The lowest BCUT2D eigenvalue weighted by atomic mass is 9.94. The Hall–Kier alpha value is -4.44. The zero-order valence-electron chi connectivity index (χ0n) is 17.1. The summed E-state index contributed by atoms with van der Waals surface area (Å²) < 4.78 is 43.4. The minimum atomic E-state index is -0.779. The smallest absolute Gasteiger partial charge is 0.227 e. The fourth-order valence-electron chi connectivity index (χ4n) is 3.70. The summed E-state index contributed by atoms with van der Waals surface area (Å²) in [5.74, 6) is 0.744. The van der Waals surface area contributed by atoms with E-state index in [2.05, 4.69) is 26.2 Å². The van der Waals surface area contributed by atoms with Crippen molar-refractivity contribution in [1.82, 2.24) is 9.97 Å². The van der Waals surface area contributed by atoms with Gasteiger partial charge in [-0.1, -0.05) is 12.0 Å². The van der Waals surface area contributed by atoms with Crippen LogP contribution in [0.1, 0.15) is 22.3 Å². The zero-order valence-corrected chi connectivity index (χ0v) is 17.1. The lowest BCUT2D eigenvalue weighted by Gasteiger charge is -2.13. The molecule has 1 aliphatic rings. The minimum absolute atomic E-state index is 0.0254. The average Bonchev–Trinajstić information content (AvgIpc) is 2.96. The van der Waals surface area contributed by atoms with Gasteiger partial charge in [0.05, 0.1) is 23.5 Å². The highest BCUT2D eigenvalue weighted by atomic mass is 19.1. The Kier molecular flexibility index (Phi) is 5.11. The van der Waals surface area contributed by atoms with Gasteiger partial charge in [0.1, 0.15) is 17.5 Å². The Morgan fingerprint density at radius 1 is 0.909 bits per heavy atom. The molecule has 0 spiro atoms. The molecule has 0 radical (unpaired) electrons. The first kappa shape index (κ1) is 20.5. The maximum absolute atomic E-state index is 14.6. The standard InChI is InChI=1S/C26H15F3N4/c1-2-15-6-9-18(10-7-15)32-26-31-14-16-13-30-25(23-21(28)4-3-5-22(23)29)20-12-17(27)8-11-19(20)24(16)33-26/h1,3-12,14H,13H2,(H,31,32,33). The molecule has 0 fully saturated rings. The molecular formula is C26H15F3N4. The third-order valence-corrected chi connectivity index (χ3v) is 5.27. The zero-order chi connectivity index (χ0) is 22.9. The molecule has 5 rings (SSSR count). The molecule has 160 valence electrons. The van der Waals surface area contributed by atoms with Gasteiger partial charge in [-0.3, -0.25) is 4.99 Å². The van der Waals surface area contributed by atoms with Gasteiger partial charge in [-0.25, -0.2) is 23.1 Å². The van der Waals surface area contributed by atoms with Crippen molar-refractivity contribution < 1.29 is 13.2 Å². The van der Waals surface area contributed by atoms with Crippen LogP contribution in [0, 0.1) is 29.8 Å². The highest BCUT2D eigenvalue weighted by Gasteiger charge is 2.25. The van der Waals surface area contributed by atoms with Crippen molar-refractivity contribution in [2.45, 2.75) is 6.54 Å². The molecule has 0 saturated carbocycles. The van der Waals surface area contributed by atoms with Gasteiger partial charge in [-0.15, -0.1) is 6.42 Å². The molecule has 7 heteroatoms. The second kappa shape index (κ2) is 8.24. The summed E-state index contributed by atoms with van der Waals surface area (Å²) in [6.45, 7) is 0.0753. The van der Waals surface area contributed by atoms with Crippen LogP contribution in [0.15, 0.2) is 71.9 Å². The third kappa shape index (κ3) is 3.83. The number of nitrogens with one attached hydrogen (secondary N) is 1. The number of terminal acetylenes is 1. The van der Waals surface area contributed by atoms with Crippen LogP contribution in [-0.2, 0) is 6.54 Å². The molecule has 4 aromatic rings. The van der Waals surface area contributed by atoms with Crippen LogP contribution in [0.2, 0.25) is 0 Å². The summed E-state index contributed by atoms with van der Waals surface area (Å²) >= 11 is 0. The highest BCUT2D eigenvalue weighted by Crippen LogP contribution is 2.33. The van der Waals surface area contributed by atoms with Crippen LogP contribution in [0.25, 0.3) is 11.3 Å². The fourth-order valence-corrected chi connectivity index (χ4v) is 3.70. The third-order valence-electron chi connectivity index (χ3n) is 5.27. The van der Waals surface area contributed by atoms with Crippen molar-refractivity contribution in [2.24, 2.45) is 4.99 Å². The van der Waals surface area contributed by atoms with E-state index < -0.39 is 17.5 Å². The predicted octanol–water partition coefficient (Wildman–Crippen LogP) is 5.64. The van der Waals surface area contributed by atoms with Gasteiger partial charge in [-0.05, 0) is 54.6 Å². The van der Waals surface area contributed by atoms with E-state index in [1.165, 1.54) is 24.3 Å². The molecule has 33 heavy (non-hydrogen) atoms. The summed E-state index contributed by atoms with van der Waals surface area (Å²) in [5, 5.41) is 3.11. The molecule has 0 amide bonds. The Bertz CT molecular complexity index is 1430. The number of benzene rings is 3. The fraction of sp³-hybridized carbons (Fsp3) is 0.0385. The summed E-state index contributed by atoms with van der Waals surface area (Å²) in [7, 11) is 0. The topological polar surface area (TPSA) is 50.2 Å². The molecule has 1 aromatic heterocycles. The highest BCUT2D eigenvalue weighted by molar-refractivity contribution is 6.17. The number of hydrogen-bond donors (Lipinski definition) is 1. The lowest BCUT2D eigenvalue weighted by Crippen LogP contribution is -2.10. The molecule has 0 unspecified atom stereocenters. The van der Waals surface area contributed by atoms with Crippen LogP contribution in [-0.4, -0.2) is 15.7 Å². The second-order valence-electron chi connectivity index (χ2n) is 7.37. The average molecular weight is 440 g/mol. The molecule has 0 bridgehead atoms. The van der Waals surface area contributed by atoms with Crippen molar-refractivity contribution in [3.8, 4) is 23.6 Å². The van der Waals surface area contributed by atoms with Crippen LogP contribution in [0.3, 0.4) is 0 Å². The molecule has 4 nitrogen and oxygen atoms in total. The summed E-state index contributed by atoms with van der Waals surface area (Å²) in [4.78, 5) is 13.4. The summed E-state index contributed by atoms with van der Waals surface area (Å²) in [6.07, 6.45) is 6.99.